The molecule has 1 aliphatic heterocycles. The molecule has 43 heavy (non-hydrogen) atoms. The zero-order chi connectivity index (χ0) is 29.5. The van der Waals surface area contributed by atoms with E-state index < -0.39 is 0 Å². The summed E-state index contributed by atoms with van der Waals surface area (Å²) in [5.74, 6) is 1.32. The average molecular weight is 604 g/mol. The second-order valence-corrected chi connectivity index (χ2v) is 11.3. The summed E-state index contributed by atoms with van der Waals surface area (Å²) < 4.78 is 12.6. The molecule has 4 nitrogen and oxygen atoms in total. The van der Waals surface area contributed by atoms with Crippen LogP contribution < -0.4 is 9.47 Å². The van der Waals surface area contributed by atoms with Crippen LogP contribution in [0.5, 0.6) is 11.5 Å². The zero-order valence-electron chi connectivity index (χ0n) is 22.9. The Labute approximate surface area is 258 Å². The maximum absolute atomic E-state index is 13.3. The van der Waals surface area contributed by atoms with Gasteiger partial charge in [0, 0.05) is 49.8 Å². The zero-order valence-corrected chi connectivity index (χ0v) is 24.4. The van der Waals surface area contributed by atoms with Gasteiger partial charge in [0.05, 0.1) is 13.2 Å². The Kier molecular flexibility index (Phi) is 7.10. The summed E-state index contributed by atoms with van der Waals surface area (Å²) in [6, 6.07) is 33.2. The highest BCUT2D eigenvalue weighted by Gasteiger charge is 2.22. The number of ether oxygens (including phenoxy) is 2. The summed E-state index contributed by atoms with van der Waals surface area (Å²) >= 11 is 12.1. The molecule has 0 spiro atoms. The van der Waals surface area contributed by atoms with Crippen LogP contribution in [-0.4, -0.2) is 24.8 Å². The summed E-state index contributed by atoms with van der Waals surface area (Å²) in [6.07, 6.45) is 0.734. The first-order valence-electron chi connectivity index (χ1n) is 14.0. The van der Waals surface area contributed by atoms with Gasteiger partial charge in [-0.3, -0.25) is 9.59 Å². The smallest absolute Gasteiger partial charge is 0.193 e. The molecule has 6 aromatic carbocycles. The fourth-order valence-electron chi connectivity index (χ4n) is 5.62. The number of hydrogen-bond donors (Lipinski definition) is 0. The first-order chi connectivity index (χ1) is 21.0. The summed E-state index contributed by atoms with van der Waals surface area (Å²) in [5.41, 5.74) is 4.09. The van der Waals surface area contributed by atoms with E-state index in [9.17, 15) is 9.59 Å². The third-order valence-corrected chi connectivity index (χ3v) is 8.26. The van der Waals surface area contributed by atoms with Crippen molar-refractivity contribution in [1.82, 2.24) is 0 Å². The monoisotopic (exact) mass is 602 g/mol. The van der Waals surface area contributed by atoms with E-state index in [1.807, 2.05) is 60.7 Å². The molecule has 210 valence electrons. The van der Waals surface area contributed by atoms with Gasteiger partial charge in [0.1, 0.15) is 11.5 Å². The van der Waals surface area contributed by atoms with Gasteiger partial charge in [0.15, 0.2) is 11.6 Å². The molecule has 7 rings (SSSR count). The number of hydrogen-bond acceptors (Lipinski definition) is 4. The molecular weight excluding hydrogens is 579 g/mol. The molecule has 0 amide bonds. The number of halogens is 2. The fourth-order valence-corrected chi connectivity index (χ4v) is 5.87. The highest BCUT2D eigenvalue weighted by atomic mass is 35.5. The molecule has 0 saturated carbocycles. The van der Waals surface area contributed by atoms with Crippen LogP contribution in [0.1, 0.15) is 38.3 Å². The highest BCUT2D eigenvalue weighted by Crippen LogP contribution is 2.46. The van der Waals surface area contributed by atoms with Crippen LogP contribution in [0, 0.1) is 0 Å². The van der Waals surface area contributed by atoms with Crippen molar-refractivity contribution >= 4 is 56.3 Å². The highest BCUT2D eigenvalue weighted by molar-refractivity contribution is 6.31. The Balaban J connectivity index is 1.39. The van der Waals surface area contributed by atoms with Crippen molar-refractivity contribution in [3.63, 3.8) is 0 Å². The van der Waals surface area contributed by atoms with Gasteiger partial charge in [-0.1, -0.05) is 59.6 Å². The molecule has 6 aromatic rings. The Hall–Kier alpha value is -4.64. The topological polar surface area (TPSA) is 52.6 Å². The normalized spacial score (nSPS) is 12.7. The van der Waals surface area contributed by atoms with E-state index in [1.54, 1.807) is 48.5 Å². The van der Waals surface area contributed by atoms with Crippen LogP contribution in [0.4, 0.5) is 0 Å². The molecule has 1 aliphatic rings. The van der Waals surface area contributed by atoms with E-state index in [1.165, 1.54) is 0 Å². The lowest BCUT2D eigenvalue weighted by atomic mass is 9.90. The lowest BCUT2D eigenvalue weighted by Gasteiger charge is -2.18. The van der Waals surface area contributed by atoms with Crippen molar-refractivity contribution in [3.8, 4) is 22.6 Å². The van der Waals surface area contributed by atoms with Gasteiger partial charge >= 0.3 is 0 Å². The summed E-state index contributed by atoms with van der Waals surface area (Å²) in [7, 11) is 0. The van der Waals surface area contributed by atoms with Crippen molar-refractivity contribution in [1.29, 1.82) is 0 Å². The molecule has 0 fully saturated rings. The van der Waals surface area contributed by atoms with E-state index in [2.05, 4.69) is 0 Å². The first kappa shape index (κ1) is 27.2. The Morgan fingerprint density at radius 3 is 1.30 bits per heavy atom. The molecule has 0 saturated heterocycles. The molecule has 1 heterocycles. The third-order valence-electron chi connectivity index (χ3n) is 7.75. The standard InChI is InChI=1S/C37H24Cl2O4/c38-28-10-2-22(3-11-28)36(40)26-6-14-30-24(20-26)8-16-32-34(30)35-31-15-7-27(37(41)23-4-12-29(39)13-5-23)21-25(31)9-17-33(35)43-19-1-18-42-32/h2-17,20-21H,1,18-19H2. The molecular formula is C37H24Cl2O4. The second-order valence-electron chi connectivity index (χ2n) is 10.5. The van der Waals surface area contributed by atoms with Crippen molar-refractivity contribution in [2.75, 3.05) is 13.2 Å². The Morgan fingerprint density at radius 2 is 0.884 bits per heavy atom. The van der Waals surface area contributed by atoms with Crippen LogP contribution in [0.2, 0.25) is 10.0 Å². The Bertz CT molecular complexity index is 1900. The average Bonchev–Trinajstić information content (AvgIpc) is 3.13. The third kappa shape index (κ3) is 5.14. The van der Waals surface area contributed by atoms with Gasteiger partial charge < -0.3 is 9.47 Å². The number of fused-ring (bicyclic) bond motifs is 7. The predicted octanol–water partition coefficient (Wildman–Crippen LogP) is 9.59. The lowest BCUT2D eigenvalue weighted by Crippen LogP contribution is -2.03. The van der Waals surface area contributed by atoms with Crippen LogP contribution >= 0.6 is 23.2 Å². The van der Waals surface area contributed by atoms with E-state index >= 15 is 0 Å². The molecule has 0 bridgehead atoms. The van der Waals surface area contributed by atoms with E-state index in [0.717, 1.165) is 50.6 Å². The molecule has 0 aromatic heterocycles. The van der Waals surface area contributed by atoms with Gasteiger partial charge in [-0.15, -0.1) is 0 Å². The maximum atomic E-state index is 13.3. The molecule has 0 N–H and O–H groups in total. The minimum atomic E-state index is -0.0783. The van der Waals surface area contributed by atoms with Gasteiger partial charge in [-0.2, -0.15) is 0 Å². The maximum Gasteiger partial charge on any atom is 0.193 e. The van der Waals surface area contributed by atoms with Crippen molar-refractivity contribution < 1.29 is 19.1 Å². The fraction of sp³-hybridized carbons (Fsp3) is 0.0811. The number of benzene rings is 6. The van der Waals surface area contributed by atoms with E-state index in [0.29, 0.717) is 45.5 Å². The number of carbonyl (C=O) groups excluding carboxylic acids is 2. The number of rotatable bonds is 4. The number of ketones is 2. The van der Waals surface area contributed by atoms with Crippen molar-refractivity contribution in [3.05, 3.63) is 141 Å². The summed E-state index contributed by atoms with van der Waals surface area (Å²) in [4.78, 5) is 26.6. The van der Waals surface area contributed by atoms with Crippen LogP contribution in [0.25, 0.3) is 32.7 Å². The summed E-state index contributed by atoms with van der Waals surface area (Å²) in [5, 5.41) is 4.84. The second kappa shape index (κ2) is 11.2. The minimum absolute atomic E-state index is 0.0783. The predicted molar refractivity (Wildman–Crippen MR) is 172 cm³/mol. The largest absolute Gasteiger partial charge is 0.493 e. The van der Waals surface area contributed by atoms with Crippen LogP contribution in [0.3, 0.4) is 0 Å². The molecule has 0 atom stereocenters. The summed E-state index contributed by atoms with van der Waals surface area (Å²) in [6.45, 7) is 1.02. The van der Waals surface area contributed by atoms with Gasteiger partial charge in [-0.25, -0.2) is 0 Å². The lowest BCUT2D eigenvalue weighted by molar-refractivity contribution is 0.103. The van der Waals surface area contributed by atoms with Crippen molar-refractivity contribution in [2.24, 2.45) is 0 Å². The van der Waals surface area contributed by atoms with Crippen LogP contribution in [0.15, 0.2) is 109 Å². The van der Waals surface area contributed by atoms with Gasteiger partial charge in [-0.05, 0) is 94.3 Å². The molecule has 6 heteroatoms. The number of carbonyl (C=O) groups is 2. The molecule has 0 unspecified atom stereocenters. The van der Waals surface area contributed by atoms with E-state index in [4.69, 9.17) is 32.7 Å². The SMILES string of the molecule is O=C(c1ccc(Cl)cc1)c1ccc2c3c(ccc2c1)OCCCOc1ccc2cc(C(=O)c4ccc(Cl)cc4)ccc2c1-3. The van der Waals surface area contributed by atoms with Gasteiger partial charge in [0.2, 0.25) is 0 Å². The molecule has 0 aliphatic carbocycles. The first-order valence-corrected chi connectivity index (χ1v) is 14.7. The van der Waals surface area contributed by atoms with E-state index in [-0.39, 0.29) is 11.6 Å². The minimum Gasteiger partial charge on any atom is -0.493 e. The van der Waals surface area contributed by atoms with Crippen LogP contribution in [-0.2, 0) is 0 Å². The van der Waals surface area contributed by atoms with Gasteiger partial charge in [0.25, 0.3) is 0 Å². The quantitative estimate of drug-likeness (QED) is 0.188. The Morgan fingerprint density at radius 1 is 0.488 bits per heavy atom. The van der Waals surface area contributed by atoms with Crippen molar-refractivity contribution in [2.45, 2.75) is 6.42 Å². The molecule has 0 radical (unpaired) electrons.